The molecule has 14 heavy (non-hydrogen) atoms. The minimum atomic E-state index is 0.267. The number of likely N-dealkylation sites (tertiary alicyclic amines) is 1. The molecule has 0 aromatic carbocycles. The molecule has 0 aromatic heterocycles. The largest absolute Gasteiger partial charge is 0.342 e. The molecule has 0 unspecified atom stereocenters. The maximum absolute atomic E-state index is 12.0. The Bertz CT molecular complexity index is 233. The van der Waals surface area contributed by atoms with Crippen molar-refractivity contribution in [2.24, 2.45) is 11.3 Å². The number of nitrogens with zero attached hydrogens (tertiary/aromatic N) is 1. The van der Waals surface area contributed by atoms with Crippen LogP contribution in [0.5, 0.6) is 0 Å². The second kappa shape index (κ2) is 3.54. The van der Waals surface area contributed by atoms with E-state index in [0.717, 1.165) is 26.2 Å². The van der Waals surface area contributed by atoms with Crippen molar-refractivity contribution >= 4 is 5.91 Å². The molecular weight excluding hydrogens is 176 g/mol. The second-order valence-corrected chi connectivity index (χ2v) is 5.38. The number of rotatable bonds is 1. The van der Waals surface area contributed by atoms with Crippen LogP contribution in [0, 0.1) is 11.3 Å². The van der Waals surface area contributed by atoms with Crippen molar-refractivity contribution in [2.75, 3.05) is 26.2 Å². The van der Waals surface area contributed by atoms with Crippen LogP contribution in [-0.4, -0.2) is 37.0 Å². The summed E-state index contributed by atoms with van der Waals surface area (Å²) in [6.07, 6.45) is 2.42. The van der Waals surface area contributed by atoms with Gasteiger partial charge in [-0.15, -0.1) is 0 Å². The highest BCUT2D eigenvalue weighted by atomic mass is 16.2. The Morgan fingerprint density at radius 2 is 2.14 bits per heavy atom. The predicted octanol–water partition coefficient (Wildman–Crippen LogP) is 0.854. The molecule has 2 heterocycles. The van der Waals surface area contributed by atoms with Crippen LogP contribution in [0.2, 0.25) is 0 Å². The zero-order chi connectivity index (χ0) is 10.2. The molecule has 3 heteroatoms. The fourth-order valence-electron chi connectivity index (χ4n) is 2.33. The SMILES string of the molecule is CC1(C)CCCN(C(=O)C2CNC2)C1. The van der Waals surface area contributed by atoms with Gasteiger partial charge in [0.1, 0.15) is 0 Å². The van der Waals surface area contributed by atoms with E-state index in [2.05, 4.69) is 24.1 Å². The van der Waals surface area contributed by atoms with Gasteiger partial charge in [0.2, 0.25) is 5.91 Å². The zero-order valence-corrected chi connectivity index (χ0v) is 9.18. The van der Waals surface area contributed by atoms with Gasteiger partial charge in [0, 0.05) is 26.2 Å². The number of hydrogen-bond donors (Lipinski definition) is 1. The van der Waals surface area contributed by atoms with Gasteiger partial charge < -0.3 is 10.2 Å². The number of carbonyl (C=O) groups is 1. The third-order valence-electron chi connectivity index (χ3n) is 3.34. The van der Waals surface area contributed by atoms with Gasteiger partial charge in [0.15, 0.2) is 0 Å². The first-order valence-electron chi connectivity index (χ1n) is 5.58. The number of piperidine rings is 1. The van der Waals surface area contributed by atoms with Crippen molar-refractivity contribution in [3.05, 3.63) is 0 Å². The fourth-order valence-corrected chi connectivity index (χ4v) is 2.33. The lowest BCUT2D eigenvalue weighted by Gasteiger charge is -2.41. The number of nitrogens with one attached hydrogen (secondary N) is 1. The molecule has 0 aliphatic carbocycles. The molecule has 2 aliphatic heterocycles. The van der Waals surface area contributed by atoms with E-state index in [1.54, 1.807) is 0 Å². The van der Waals surface area contributed by atoms with Crippen LogP contribution in [0.4, 0.5) is 0 Å². The van der Waals surface area contributed by atoms with Crippen LogP contribution in [0.15, 0.2) is 0 Å². The van der Waals surface area contributed by atoms with Gasteiger partial charge in [-0.25, -0.2) is 0 Å². The van der Waals surface area contributed by atoms with Gasteiger partial charge in [-0.05, 0) is 18.3 Å². The van der Waals surface area contributed by atoms with Crippen molar-refractivity contribution in [3.8, 4) is 0 Å². The van der Waals surface area contributed by atoms with Crippen molar-refractivity contribution in [1.29, 1.82) is 0 Å². The standard InChI is InChI=1S/C11H20N2O/c1-11(2)4-3-5-13(8-11)10(14)9-6-12-7-9/h9,12H,3-8H2,1-2H3. The topological polar surface area (TPSA) is 32.3 Å². The molecular formula is C11H20N2O. The minimum Gasteiger partial charge on any atom is -0.342 e. The Labute approximate surface area is 85.8 Å². The highest BCUT2D eigenvalue weighted by Crippen LogP contribution is 2.29. The third-order valence-corrected chi connectivity index (χ3v) is 3.34. The van der Waals surface area contributed by atoms with E-state index in [4.69, 9.17) is 0 Å². The Kier molecular flexibility index (Phi) is 2.52. The summed E-state index contributed by atoms with van der Waals surface area (Å²) in [5, 5.41) is 3.15. The first-order chi connectivity index (χ1) is 6.58. The quantitative estimate of drug-likeness (QED) is 0.674. The van der Waals surface area contributed by atoms with Gasteiger partial charge >= 0.3 is 0 Å². The molecule has 80 valence electrons. The molecule has 2 rings (SSSR count). The normalized spacial score (nSPS) is 27.1. The summed E-state index contributed by atoms with van der Waals surface area (Å²) in [5.74, 6) is 0.639. The minimum absolute atomic E-state index is 0.267. The summed E-state index contributed by atoms with van der Waals surface area (Å²) in [7, 11) is 0. The summed E-state index contributed by atoms with van der Waals surface area (Å²) < 4.78 is 0. The van der Waals surface area contributed by atoms with E-state index >= 15 is 0 Å². The smallest absolute Gasteiger partial charge is 0.228 e. The molecule has 2 fully saturated rings. The maximum Gasteiger partial charge on any atom is 0.228 e. The van der Waals surface area contributed by atoms with Crippen LogP contribution < -0.4 is 5.32 Å². The highest BCUT2D eigenvalue weighted by molar-refractivity contribution is 5.80. The van der Waals surface area contributed by atoms with Crippen molar-refractivity contribution in [3.63, 3.8) is 0 Å². The van der Waals surface area contributed by atoms with Crippen molar-refractivity contribution in [1.82, 2.24) is 10.2 Å². The Balaban J connectivity index is 1.93. The number of carbonyl (C=O) groups excluding carboxylic acids is 1. The van der Waals surface area contributed by atoms with Crippen LogP contribution in [-0.2, 0) is 4.79 Å². The molecule has 1 amide bonds. The lowest BCUT2D eigenvalue weighted by atomic mass is 9.83. The van der Waals surface area contributed by atoms with Crippen LogP contribution in [0.1, 0.15) is 26.7 Å². The van der Waals surface area contributed by atoms with E-state index < -0.39 is 0 Å². The lowest BCUT2D eigenvalue weighted by Crippen LogP contribution is -2.54. The molecule has 0 radical (unpaired) electrons. The van der Waals surface area contributed by atoms with Gasteiger partial charge in [0.05, 0.1) is 5.92 Å². The summed E-state index contributed by atoms with van der Waals surface area (Å²) >= 11 is 0. The second-order valence-electron chi connectivity index (χ2n) is 5.38. The Hall–Kier alpha value is -0.570. The van der Waals surface area contributed by atoms with Gasteiger partial charge in [0.25, 0.3) is 0 Å². The summed E-state index contributed by atoms with van der Waals surface area (Å²) in [5.41, 5.74) is 0.324. The van der Waals surface area contributed by atoms with E-state index in [0.29, 0.717) is 11.3 Å². The maximum atomic E-state index is 12.0. The van der Waals surface area contributed by atoms with E-state index in [9.17, 15) is 4.79 Å². The first-order valence-corrected chi connectivity index (χ1v) is 5.58. The van der Waals surface area contributed by atoms with Gasteiger partial charge in [-0.2, -0.15) is 0 Å². The van der Waals surface area contributed by atoms with Crippen LogP contribution >= 0.6 is 0 Å². The first kappa shape index (κ1) is 9.97. The predicted molar refractivity (Wildman–Crippen MR) is 56.0 cm³/mol. The van der Waals surface area contributed by atoms with E-state index in [1.807, 2.05) is 0 Å². The van der Waals surface area contributed by atoms with Gasteiger partial charge in [-0.3, -0.25) is 4.79 Å². The molecule has 0 atom stereocenters. The monoisotopic (exact) mass is 196 g/mol. The number of hydrogen-bond acceptors (Lipinski definition) is 2. The molecule has 0 spiro atoms. The number of amides is 1. The molecule has 0 saturated carbocycles. The van der Waals surface area contributed by atoms with E-state index in [1.165, 1.54) is 12.8 Å². The Morgan fingerprint density at radius 1 is 1.43 bits per heavy atom. The zero-order valence-electron chi connectivity index (χ0n) is 9.18. The molecule has 2 aliphatic rings. The molecule has 0 bridgehead atoms. The summed E-state index contributed by atoms with van der Waals surface area (Å²) in [6.45, 7) is 8.20. The summed E-state index contributed by atoms with van der Waals surface area (Å²) in [6, 6.07) is 0. The average molecular weight is 196 g/mol. The lowest BCUT2D eigenvalue weighted by molar-refractivity contribution is -0.140. The van der Waals surface area contributed by atoms with E-state index in [-0.39, 0.29) is 5.92 Å². The van der Waals surface area contributed by atoms with Crippen LogP contribution in [0.3, 0.4) is 0 Å². The Morgan fingerprint density at radius 3 is 2.64 bits per heavy atom. The molecule has 3 nitrogen and oxygen atoms in total. The van der Waals surface area contributed by atoms with Crippen molar-refractivity contribution in [2.45, 2.75) is 26.7 Å². The van der Waals surface area contributed by atoms with Crippen LogP contribution in [0.25, 0.3) is 0 Å². The third kappa shape index (κ3) is 1.92. The highest BCUT2D eigenvalue weighted by Gasteiger charge is 2.34. The molecule has 0 aromatic rings. The average Bonchev–Trinajstić information content (AvgIpc) is 1.99. The molecule has 1 N–H and O–H groups in total. The molecule has 2 saturated heterocycles. The summed E-state index contributed by atoms with van der Waals surface area (Å²) in [4.78, 5) is 14.0. The van der Waals surface area contributed by atoms with Crippen molar-refractivity contribution < 1.29 is 4.79 Å². The fraction of sp³-hybridized carbons (Fsp3) is 0.909. The van der Waals surface area contributed by atoms with Gasteiger partial charge in [-0.1, -0.05) is 13.8 Å².